The number of benzene rings is 1. The molecule has 0 bridgehead atoms. The van der Waals surface area contributed by atoms with E-state index >= 15 is 0 Å². The van der Waals surface area contributed by atoms with Gasteiger partial charge >= 0.3 is 11.8 Å². The van der Waals surface area contributed by atoms with E-state index in [1.54, 1.807) is 0 Å². The summed E-state index contributed by atoms with van der Waals surface area (Å²) in [5.41, 5.74) is 7.59. The zero-order chi connectivity index (χ0) is 16.2. The number of unbranched alkanes of at least 4 members (excludes halogenated alkanes) is 4. The van der Waals surface area contributed by atoms with E-state index in [4.69, 9.17) is 10.5 Å². The molecule has 0 unspecified atom stereocenters. The van der Waals surface area contributed by atoms with Crippen molar-refractivity contribution in [2.24, 2.45) is 10.8 Å². The number of primary amides is 1. The lowest BCUT2D eigenvalue weighted by Gasteiger charge is -2.06. The van der Waals surface area contributed by atoms with Crippen LogP contribution in [0.25, 0.3) is 0 Å². The molecule has 0 aliphatic rings. The lowest BCUT2D eigenvalue weighted by Crippen LogP contribution is -2.32. The van der Waals surface area contributed by atoms with Crippen LogP contribution < -0.4 is 15.9 Å². The van der Waals surface area contributed by atoms with Crippen molar-refractivity contribution in [2.45, 2.75) is 39.0 Å². The number of carbonyl (C=O) groups is 2. The highest BCUT2D eigenvalue weighted by Gasteiger charge is 2.05. The molecule has 120 valence electrons. The van der Waals surface area contributed by atoms with E-state index in [1.807, 2.05) is 29.7 Å². The van der Waals surface area contributed by atoms with Gasteiger partial charge in [0.1, 0.15) is 5.75 Å². The Labute approximate surface area is 130 Å². The molecule has 0 spiro atoms. The zero-order valence-electron chi connectivity index (χ0n) is 12.9. The Morgan fingerprint density at radius 3 is 2.50 bits per heavy atom. The summed E-state index contributed by atoms with van der Waals surface area (Å²) in [6.45, 7) is 2.91. The largest absolute Gasteiger partial charge is 0.494 e. The Kier molecular flexibility index (Phi) is 8.33. The molecule has 0 saturated carbocycles. The van der Waals surface area contributed by atoms with E-state index in [0.29, 0.717) is 6.61 Å². The van der Waals surface area contributed by atoms with Crippen molar-refractivity contribution in [1.29, 1.82) is 0 Å². The van der Waals surface area contributed by atoms with E-state index in [9.17, 15) is 9.59 Å². The number of carbonyl (C=O) groups excluding carboxylic acids is 2. The first kappa shape index (κ1) is 17.7. The molecule has 0 aromatic heterocycles. The van der Waals surface area contributed by atoms with Crippen molar-refractivity contribution in [2.75, 3.05) is 6.61 Å². The lowest BCUT2D eigenvalue weighted by molar-refractivity contribution is -0.137. The number of amides is 2. The van der Waals surface area contributed by atoms with Crippen LogP contribution in [0.15, 0.2) is 29.4 Å². The summed E-state index contributed by atoms with van der Waals surface area (Å²) in [5, 5.41) is 3.63. The molecule has 1 aromatic rings. The molecule has 6 heteroatoms. The first-order valence-corrected chi connectivity index (χ1v) is 7.49. The van der Waals surface area contributed by atoms with E-state index in [1.165, 1.54) is 31.9 Å². The summed E-state index contributed by atoms with van der Waals surface area (Å²) in [4.78, 5) is 21.4. The molecule has 0 aliphatic carbocycles. The maximum Gasteiger partial charge on any atom is 0.329 e. The summed E-state index contributed by atoms with van der Waals surface area (Å²) in [7, 11) is 0. The van der Waals surface area contributed by atoms with Gasteiger partial charge in [0.2, 0.25) is 0 Å². The van der Waals surface area contributed by atoms with Gasteiger partial charge in [-0.2, -0.15) is 5.10 Å². The van der Waals surface area contributed by atoms with Crippen molar-refractivity contribution in [1.82, 2.24) is 5.43 Å². The van der Waals surface area contributed by atoms with Gasteiger partial charge in [0.25, 0.3) is 0 Å². The monoisotopic (exact) mass is 305 g/mol. The van der Waals surface area contributed by atoms with Crippen LogP contribution >= 0.6 is 0 Å². The van der Waals surface area contributed by atoms with Crippen LogP contribution in [0.1, 0.15) is 44.6 Å². The second-order valence-electron chi connectivity index (χ2n) is 4.90. The zero-order valence-corrected chi connectivity index (χ0v) is 12.9. The van der Waals surface area contributed by atoms with Crippen LogP contribution in [-0.4, -0.2) is 24.6 Å². The number of hydrazone groups is 1. The Hall–Kier alpha value is -2.37. The minimum Gasteiger partial charge on any atom is -0.494 e. The Balaban J connectivity index is 2.29. The van der Waals surface area contributed by atoms with E-state index in [0.717, 1.165) is 17.7 Å². The van der Waals surface area contributed by atoms with E-state index in [-0.39, 0.29) is 0 Å². The minimum atomic E-state index is -1.07. The van der Waals surface area contributed by atoms with Crippen LogP contribution in [0.4, 0.5) is 0 Å². The van der Waals surface area contributed by atoms with Crippen LogP contribution in [0, 0.1) is 0 Å². The third-order valence-corrected chi connectivity index (χ3v) is 3.00. The lowest BCUT2D eigenvalue weighted by atomic mass is 10.2. The molecule has 0 fully saturated rings. The van der Waals surface area contributed by atoms with Crippen molar-refractivity contribution >= 4 is 18.0 Å². The van der Waals surface area contributed by atoms with Crippen LogP contribution in [0.3, 0.4) is 0 Å². The highest BCUT2D eigenvalue weighted by atomic mass is 16.5. The molecule has 6 nitrogen and oxygen atoms in total. The van der Waals surface area contributed by atoms with Gasteiger partial charge in [0.05, 0.1) is 12.8 Å². The predicted octanol–water partition coefficient (Wildman–Crippen LogP) is 1.97. The van der Waals surface area contributed by atoms with Gasteiger partial charge in [-0.05, 0) is 36.2 Å². The highest BCUT2D eigenvalue weighted by molar-refractivity contribution is 6.34. The molecular formula is C16H23N3O3. The number of hydrogen-bond donors (Lipinski definition) is 2. The molecule has 0 atom stereocenters. The minimum absolute atomic E-state index is 0.714. The fourth-order valence-electron chi connectivity index (χ4n) is 1.77. The van der Waals surface area contributed by atoms with Crippen LogP contribution in [0.5, 0.6) is 5.75 Å². The first-order chi connectivity index (χ1) is 10.6. The fourth-order valence-corrected chi connectivity index (χ4v) is 1.77. The first-order valence-electron chi connectivity index (χ1n) is 7.49. The fraction of sp³-hybridized carbons (Fsp3) is 0.438. The Morgan fingerprint density at radius 1 is 1.18 bits per heavy atom. The van der Waals surface area contributed by atoms with Gasteiger partial charge in [-0.15, -0.1) is 0 Å². The van der Waals surface area contributed by atoms with Crippen molar-refractivity contribution in [3.8, 4) is 5.75 Å². The standard InChI is InChI=1S/C16H23N3O3/c1-2-3-4-5-6-11-22-14-9-7-13(8-10-14)12-18-19-16(21)15(17)20/h7-10,12H,2-6,11H2,1H3,(H2,17,20)(H,19,21)/b18-12+. The summed E-state index contributed by atoms with van der Waals surface area (Å²) in [6.07, 6.45) is 7.45. The van der Waals surface area contributed by atoms with Crippen molar-refractivity contribution in [3.05, 3.63) is 29.8 Å². The number of nitrogens with zero attached hydrogens (tertiary/aromatic N) is 1. The van der Waals surface area contributed by atoms with Crippen LogP contribution in [0.2, 0.25) is 0 Å². The predicted molar refractivity (Wildman–Crippen MR) is 85.6 cm³/mol. The molecule has 1 rings (SSSR count). The third-order valence-electron chi connectivity index (χ3n) is 3.00. The summed E-state index contributed by atoms with van der Waals surface area (Å²) >= 11 is 0. The van der Waals surface area contributed by atoms with Gasteiger partial charge in [0, 0.05) is 0 Å². The SMILES string of the molecule is CCCCCCCOc1ccc(/C=N/NC(=O)C(N)=O)cc1. The maximum atomic E-state index is 10.9. The summed E-state index contributed by atoms with van der Waals surface area (Å²) < 4.78 is 5.64. The molecule has 0 aliphatic heterocycles. The summed E-state index contributed by atoms with van der Waals surface area (Å²) in [6, 6.07) is 7.30. The van der Waals surface area contributed by atoms with Crippen molar-refractivity contribution in [3.63, 3.8) is 0 Å². The number of nitrogens with two attached hydrogens (primary N) is 1. The normalized spacial score (nSPS) is 10.6. The Morgan fingerprint density at radius 2 is 1.86 bits per heavy atom. The molecule has 0 radical (unpaired) electrons. The van der Waals surface area contributed by atoms with Gasteiger partial charge in [-0.25, -0.2) is 5.43 Å². The van der Waals surface area contributed by atoms with Gasteiger partial charge < -0.3 is 10.5 Å². The molecular weight excluding hydrogens is 282 g/mol. The quantitative estimate of drug-likeness (QED) is 0.316. The van der Waals surface area contributed by atoms with E-state index in [2.05, 4.69) is 12.0 Å². The molecule has 1 aromatic carbocycles. The average Bonchev–Trinajstić information content (AvgIpc) is 2.52. The van der Waals surface area contributed by atoms with Crippen molar-refractivity contribution < 1.29 is 14.3 Å². The second kappa shape index (κ2) is 10.4. The molecule has 22 heavy (non-hydrogen) atoms. The van der Waals surface area contributed by atoms with Crippen LogP contribution in [-0.2, 0) is 9.59 Å². The molecule has 3 N–H and O–H groups in total. The number of hydrogen-bond acceptors (Lipinski definition) is 4. The molecule has 2 amide bonds. The molecule has 0 heterocycles. The van der Waals surface area contributed by atoms with Gasteiger partial charge in [-0.1, -0.05) is 32.6 Å². The highest BCUT2D eigenvalue weighted by Crippen LogP contribution is 2.12. The third kappa shape index (κ3) is 7.42. The van der Waals surface area contributed by atoms with Gasteiger partial charge in [-0.3, -0.25) is 9.59 Å². The smallest absolute Gasteiger partial charge is 0.329 e. The number of ether oxygens (including phenoxy) is 1. The van der Waals surface area contributed by atoms with Gasteiger partial charge in [0.15, 0.2) is 0 Å². The number of rotatable bonds is 9. The summed E-state index contributed by atoms with van der Waals surface area (Å²) in [5.74, 6) is -1.21. The topological polar surface area (TPSA) is 93.8 Å². The average molecular weight is 305 g/mol. The van der Waals surface area contributed by atoms with E-state index < -0.39 is 11.8 Å². The Bertz CT molecular complexity index is 498. The molecule has 0 saturated heterocycles. The maximum absolute atomic E-state index is 10.9. The second-order valence-corrected chi connectivity index (χ2v) is 4.90. The number of nitrogens with one attached hydrogen (secondary N) is 1.